The molecule has 1 aliphatic heterocycles. The van der Waals surface area contributed by atoms with Crippen molar-refractivity contribution < 1.29 is 9.63 Å². The molecule has 4 rings (SSSR count). The van der Waals surface area contributed by atoms with E-state index < -0.39 is 6.10 Å². The molecule has 1 aliphatic rings. The minimum absolute atomic E-state index is 0.00785. The summed E-state index contributed by atoms with van der Waals surface area (Å²) in [5.74, 6) is 0.712. The van der Waals surface area contributed by atoms with Gasteiger partial charge in [0.25, 0.3) is 0 Å². The van der Waals surface area contributed by atoms with Gasteiger partial charge in [0.1, 0.15) is 5.76 Å². The molecule has 0 aliphatic carbocycles. The molecule has 1 saturated heterocycles. The van der Waals surface area contributed by atoms with E-state index in [1.807, 2.05) is 26.0 Å². The average Bonchev–Trinajstić information content (AvgIpc) is 3.25. The number of fused-ring (bicyclic) bond motifs is 1. The second-order valence-electron chi connectivity index (χ2n) is 6.41. The molecule has 3 heterocycles. The molecule has 7 heteroatoms. The first-order valence-electron chi connectivity index (χ1n) is 8.15. The number of benzene rings is 1. The third kappa shape index (κ3) is 2.37. The normalized spacial score (nSPS) is 19.2. The van der Waals surface area contributed by atoms with Crippen LogP contribution in [0.15, 0.2) is 21.5 Å². The Morgan fingerprint density at radius 2 is 2.17 bits per heavy atom. The third-order valence-corrected chi connectivity index (χ3v) is 4.78. The van der Waals surface area contributed by atoms with Crippen LogP contribution in [0.1, 0.15) is 36.0 Å². The second-order valence-corrected chi connectivity index (χ2v) is 6.41. The van der Waals surface area contributed by atoms with Crippen LogP contribution in [0.2, 0.25) is 0 Å². The van der Waals surface area contributed by atoms with Crippen LogP contribution >= 0.6 is 0 Å². The van der Waals surface area contributed by atoms with Crippen LogP contribution < -0.4 is 11.0 Å². The molecular formula is C17H20N4O3. The molecule has 1 aromatic carbocycles. The molecular weight excluding hydrogens is 308 g/mol. The van der Waals surface area contributed by atoms with Gasteiger partial charge in [0.15, 0.2) is 0 Å². The van der Waals surface area contributed by atoms with Gasteiger partial charge in [0.05, 0.1) is 22.8 Å². The molecule has 0 bridgehead atoms. The van der Waals surface area contributed by atoms with Crippen LogP contribution in [-0.4, -0.2) is 32.8 Å². The predicted octanol–water partition coefficient (Wildman–Crippen LogP) is 1.91. The van der Waals surface area contributed by atoms with Gasteiger partial charge in [-0.05, 0) is 50.9 Å². The van der Waals surface area contributed by atoms with Crippen molar-refractivity contribution in [3.8, 4) is 11.1 Å². The summed E-state index contributed by atoms with van der Waals surface area (Å²) in [4.78, 5) is 17.4. The quantitative estimate of drug-likeness (QED) is 0.587. The minimum atomic E-state index is -0.693. The maximum absolute atomic E-state index is 11.8. The molecule has 24 heavy (non-hydrogen) atoms. The molecule has 2 atom stereocenters. The number of imidazole rings is 1. The van der Waals surface area contributed by atoms with Crippen LogP contribution in [0.5, 0.6) is 0 Å². The lowest BCUT2D eigenvalue weighted by Gasteiger charge is -2.20. The second kappa shape index (κ2) is 5.61. The third-order valence-electron chi connectivity index (χ3n) is 4.78. The van der Waals surface area contributed by atoms with E-state index in [1.165, 1.54) is 0 Å². The Balaban J connectivity index is 1.92. The maximum Gasteiger partial charge on any atom is 0.323 e. The zero-order valence-electron chi connectivity index (χ0n) is 13.6. The summed E-state index contributed by atoms with van der Waals surface area (Å²) in [6, 6.07) is 3.80. The molecule has 0 spiro atoms. The van der Waals surface area contributed by atoms with Crippen LogP contribution in [0.4, 0.5) is 0 Å². The molecule has 4 N–H and O–H groups in total. The Labute approximate surface area is 138 Å². The van der Waals surface area contributed by atoms with Crippen LogP contribution in [0.3, 0.4) is 0 Å². The summed E-state index contributed by atoms with van der Waals surface area (Å²) < 4.78 is 5.26. The monoisotopic (exact) mass is 328 g/mol. The largest absolute Gasteiger partial charge is 0.387 e. The summed E-state index contributed by atoms with van der Waals surface area (Å²) in [5, 5.41) is 18.2. The van der Waals surface area contributed by atoms with Gasteiger partial charge in [-0.25, -0.2) is 4.79 Å². The fraction of sp³-hybridized carbons (Fsp3) is 0.412. The summed E-state index contributed by atoms with van der Waals surface area (Å²) in [7, 11) is 0. The number of nitrogens with zero attached hydrogens (tertiary/aromatic N) is 1. The standard InChI is InChI=1S/C17H20N4O3/c1-8-14(9(2)24-21-8)10-6-11(16(22)12-4-3-5-18-12)15-13(7-10)19-17(23)20-15/h6-7,12,16,18,22H,3-5H2,1-2H3,(H2,19,20,23). The number of hydrogen-bond acceptors (Lipinski definition) is 5. The summed E-state index contributed by atoms with van der Waals surface area (Å²) in [5.41, 5.74) is 4.30. The van der Waals surface area contributed by atoms with Gasteiger partial charge in [-0.15, -0.1) is 0 Å². The van der Waals surface area contributed by atoms with E-state index in [1.54, 1.807) is 0 Å². The van der Waals surface area contributed by atoms with Crippen molar-refractivity contribution in [2.75, 3.05) is 6.54 Å². The number of rotatable bonds is 3. The van der Waals surface area contributed by atoms with Gasteiger partial charge in [-0.2, -0.15) is 0 Å². The van der Waals surface area contributed by atoms with E-state index in [2.05, 4.69) is 20.4 Å². The molecule has 7 nitrogen and oxygen atoms in total. The molecule has 2 aromatic heterocycles. The zero-order chi connectivity index (χ0) is 16.8. The summed E-state index contributed by atoms with van der Waals surface area (Å²) in [6.07, 6.45) is 1.26. The number of aromatic amines is 2. The van der Waals surface area contributed by atoms with Crippen molar-refractivity contribution in [3.05, 3.63) is 39.6 Å². The lowest BCUT2D eigenvalue weighted by Crippen LogP contribution is -2.29. The van der Waals surface area contributed by atoms with Crippen molar-refractivity contribution in [1.29, 1.82) is 0 Å². The lowest BCUT2D eigenvalue weighted by atomic mass is 9.94. The summed E-state index contributed by atoms with van der Waals surface area (Å²) >= 11 is 0. The van der Waals surface area contributed by atoms with Crippen molar-refractivity contribution in [2.24, 2.45) is 0 Å². The van der Waals surface area contributed by atoms with Gasteiger partial charge < -0.3 is 24.9 Å². The molecule has 0 amide bonds. The lowest BCUT2D eigenvalue weighted by molar-refractivity contribution is 0.139. The Morgan fingerprint density at radius 3 is 2.83 bits per heavy atom. The maximum atomic E-state index is 11.8. The first kappa shape index (κ1) is 15.2. The smallest absolute Gasteiger partial charge is 0.323 e. The average molecular weight is 328 g/mol. The van der Waals surface area contributed by atoms with Gasteiger partial charge in [-0.1, -0.05) is 5.16 Å². The zero-order valence-corrected chi connectivity index (χ0v) is 13.6. The summed E-state index contributed by atoms with van der Waals surface area (Å²) in [6.45, 7) is 4.64. The number of aromatic nitrogens is 3. The van der Waals surface area contributed by atoms with E-state index in [4.69, 9.17) is 4.52 Å². The van der Waals surface area contributed by atoms with Gasteiger partial charge in [-0.3, -0.25) is 0 Å². The Morgan fingerprint density at radius 1 is 1.33 bits per heavy atom. The molecule has 126 valence electrons. The van der Waals surface area contributed by atoms with Gasteiger partial charge in [0.2, 0.25) is 0 Å². The fourth-order valence-electron chi connectivity index (χ4n) is 3.64. The number of nitrogens with one attached hydrogen (secondary N) is 3. The fourth-order valence-corrected chi connectivity index (χ4v) is 3.64. The molecule has 0 radical (unpaired) electrons. The van der Waals surface area contributed by atoms with Crippen molar-refractivity contribution in [3.63, 3.8) is 0 Å². The molecule has 2 unspecified atom stereocenters. The Hall–Kier alpha value is -2.38. The highest BCUT2D eigenvalue weighted by Crippen LogP contribution is 2.34. The highest BCUT2D eigenvalue weighted by molar-refractivity contribution is 5.86. The highest BCUT2D eigenvalue weighted by atomic mass is 16.5. The first-order chi connectivity index (χ1) is 11.5. The van der Waals surface area contributed by atoms with Crippen molar-refractivity contribution in [2.45, 2.75) is 38.8 Å². The molecule has 1 fully saturated rings. The molecule has 0 saturated carbocycles. The Kier molecular flexibility index (Phi) is 3.54. The number of hydrogen-bond donors (Lipinski definition) is 4. The Bertz CT molecular complexity index is 927. The van der Waals surface area contributed by atoms with E-state index in [9.17, 15) is 9.90 Å². The number of aliphatic hydroxyl groups is 1. The number of aryl methyl sites for hydroxylation is 2. The topological polar surface area (TPSA) is 107 Å². The van der Waals surface area contributed by atoms with E-state index in [-0.39, 0.29) is 11.7 Å². The van der Waals surface area contributed by atoms with Crippen LogP contribution in [-0.2, 0) is 0 Å². The van der Waals surface area contributed by atoms with Gasteiger partial charge >= 0.3 is 5.69 Å². The van der Waals surface area contributed by atoms with E-state index in [0.29, 0.717) is 22.4 Å². The van der Waals surface area contributed by atoms with E-state index >= 15 is 0 Å². The van der Waals surface area contributed by atoms with Crippen molar-refractivity contribution >= 4 is 11.0 Å². The van der Waals surface area contributed by atoms with Crippen LogP contribution in [0.25, 0.3) is 22.2 Å². The number of H-pyrrole nitrogens is 2. The molecule has 3 aromatic rings. The van der Waals surface area contributed by atoms with Crippen molar-refractivity contribution in [1.82, 2.24) is 20.4 Å². The predicted molar refractivity (Wildman–Crippen MR) is 89.9 cm³/mol. The van der Waals surface area contributed by atoms with E-state index in [0.717, 1.165) is 36.2 Å². The first-order valence-corrected chi connectivity index (χ1v) is 8.15. The van der Waals surface area contributed by atoms with Crippen LogP contribution in [0, 0.1) is 13.8 Å². The number of aliphatic hydroxyl groups excluding tert-OH is 1. The van der Waals surface area contributed by atoms with Gasteiger partial charge in [0, 0.05) is 17.2 Å². The minimum Gasteiger partial charge on any atom is -0.387 e. The SMILES string of the molecule is Cc1noc(C)c1-c1cc(C(O)C2CCCN2)c2[nH]c(=O)[nH]c2c1. The highest BCUT2D eigenvalue weighted by Gasteiger charge is 2.27.